The monoisotopic (exact) mass is 242 g/mol. The van der Waals surface area contributed by atoms with Gasteiger partial charge in [-0.2, -0.15) is 0 Å². The molecule has 0 rings (SSSR count). The third-order valence-corrected chi connectivity index (χ3v) is 3.17. The summed E-state index contributed by atoms with van der Waals surface area (Å²) in [7, 11) is 0. The Morgan fingerprint density at radius 3 is 2.12 bits per heavy atom. The number of hydrogen-bond donors (Lipinski definition) is 0. The first-order valence-electron chi connectivity index (χ1n) is 7.05. The van der Waals surface area contributed by atoms with Gasteiger partial charge >= 0.3 is 5.97 Å². The SMILES string of the molecule is CC(=O)OCCCC(C)CCC(C)CC(C)C. The van der Waals surface area contributed by atoms with Crippen LogP contribution in [0.25, 0.3) is 0 Å². The van der Waals surface area contributed by atoms with Gasteiger partial charge < -0.3 is 4.74 Å². The molecule has 0 saturated carbocycles. The Balaban J connectivity index is 3.45. The quantitative estimate of drug-likeness (QED) is 0.441. The van der Waals surface area contributed by atoms with E-state index in [1.807, 2.05) is 0 Å². The molecule has 0 bridgehead atoms. The Labute approximate surface area is 107 Å². The predicted octanol–water partition coefficient (Wildman–Crippen LogP) is 4.43. The van der Waals surface area contributed by atoms with E-state index in [4.69, 9.17) is 4.74 Å². The molecule has 0 amide bonds. The summed E-state index contributed by atoms with van der Waals surface area (Å²) in [6.45, 7) is 11.3. The minimum atomic E-state index is -0.164. The highest BCUT2D eigenvalue weighted by atomic mass is 16.5. The average Bonchev–Trinajstić information content (AvgIpc) is 2.20. The van der Waals surface area contributed by atoms with Gasteiger partial charge in [0.25, 0.3) is 0 Å². The lowest BCUT2D eigenvalue weighted by Crippen LogP contribution is -2.05. The molecule has 102 valence electrons. The van der Waals surface area contributed by atoms with Crippen molar-refractivity contribution in [2.24, 2.45) is 17.8 Å². The van der Waals surface area contributed by atoms with Crippen molar-refractivity contribution in [3.8, 4) is 0 Å². The lowest BCUT2D eigenvalue weighted by molar-refractivity contribution is -0.141. The van der Waals surface area contributed by atoms with Crippen molar-refractivity contribution in [1.82, 2.24) is 0 Å². The molecule has 0 saturated heterocycles. The van der Waals surface area contributed by atoms with E-state index < -0.39 is 0 Å². The third-order valence-electron chi connectivity index (χ3n) is 3.17. The number of hydrogen-bond acceptors (Lipinski definition) is 2. The van der Waals surface area contributed by atoms with Crippen LogP contribution in [0.4, 0.5) is 0 Å². The molecular weight excluding hydrogens is 212 g/mol. The van der Waals surface area contributed by atoms with Crippen LogP contribution in [0, 0.1) is 17.8 Å². The third kappa shape index (κ3) is 11.7. The summed E-state index contributed by atoms with van der Waals surface area (Å²) in [5, 5.41) is 0. The smallest absolute Gasteiger partial charge is 0.302 e. The van der Waals surface area contributed by atoms with Crippen LogP contribution in [0.15, 0.2) is 0 Å². The highest BCUT2D eigenvalue weighted by Gasteiger charge is 2.08. The zero-order valence-electron chi connectivity index (χ0n) is 12.3. The second kappa shape index (κ2) is 9.49. The van der Waals surface area contributed by atoms with Gasteiger partial charge in [-0.05, 0) is 37.0 Å². The van der Waals surface area contributed by atoms with E-state index >= 15 is 0 Å². The van der Waals surface area contributed by atoms with Gasteiger partial charge in [-0.1, -0.05) is 40.5 Å². The van der Waals surface area contributed by atoms with Gasteiger partial charge in [0.2, 0.25) is 0 Å². The Hall–Kier alpha value is -0.530. The number of esters is 1. The molecule has 2 atom stereocenters. The standard InChI is InChI=1S/C15H30O2/c1-12(2)11-14(4)9-8-13(3)7-6-10-17-15(5)16/h12-14H,6-11H2,1-5H3. The van der Waals surface area contributed by atoms with Gasteiger partial charge in [-0.15, -0.1) is 0 Å². The molecular formula is C15H30O2. The largest absolute Gasteiger partial charge is 0.466 e. The maximum absolute atomic E-state index is 10.6. The Bertz CT molecular complexity index is 199. The molecule has 0 fully saturated rings. The van der Waals surface area contributed by atoms with Crippen LogP contribution in [-0.4, -0.2) is 12.6 Å². The first kappa shape index (κ1) is 16.5. The normalized spacial score (nSPS) is 14.7. The predicted molar refractivity (Wildman–Crippen MR) is 72.9 cm³/mol. The Morgan fingerprint density at radius 1 is 1.00 bits per heavy atom. The van der Waals surface area contributed by atoms with Crippen molar-refractivity contribution in [1.29, 1.82) is 0 Å². The van der Waals surface area contributed by atoms with Crippen LogP contribution in [0.2, 0.25) is 0 Å². The van der Waals surface area contributed by atoms with Gasteiger partial charge in [0, 0.05) is 6.92 Å². The molecule has 0 aliphatic carbocycles. The number of carbonyl (C=O) groups excluding carboxylic acids is 1. The molecule has 17 heavy (non-hydrogen) atoms. The molecule has 2 unspecified atom stereocenters. The van der Waals surface area contributed by atoms with E-state index in [1.165, 1.54) is 32.6 Å². The van der Waals surface area contributed by atoms with Crippen molar-refractivity contribution >= 4 is 5.97 Å². The fourth-order valence-electron chi connectivity index (χ4n) is 2.28. The molecule has 0 spiro atoms. The van der Waals surface area contributed by atoms with Crippen molar-refractivity contribution in [3.05, 3.63) is 0 Å². The summed E-state index contributed by atoms with van der Waals surface area (Å²) >= 11 is 0. The lowest BCUT2D eigenvalue weighted by atomic mass is 9.90. The van der Waals surface area contributed by atoms with E-state index in [2.05, 4.69) is 27.7 Å². The molecule has 0 aliphatic heterocycles. The van der Waals surface area contributed by atoms with Crippen LogP contribution < -0.4 is 0 Å². The first-order valence-corrected chi connectivity index (χ1v) is 7.05. The number of rotatable bonds is 9. The van der Waals surface area contributed by atoms with Crippen molar-refractivity contribution in [2.45, 2.75) is 66.7 Å². The highest BCUT2D eigenvalue weighted by Crippen LogP contribution is 2.21. The van der Waals surface area contributed by atoms with Crippen LogP contribution in [0.1, 0.15) is 66.7 Å². The van der Waals surface area contributed by atoms with E-state index in [0.29, 0.717) is 6.61 Å². The summed E-state index contributed by atoms with van der Waals surface area (Å²) in [4.78, 5) is 10.6. The average molecular weight is 242 g/mol. The van der Waals surface area contributed by atoms with Crippen molar-refractivity contribution in [3.63, 3.8) is 0 Å². The molecule has 0 radical (unpaired) electrons. The van der Waals surface area contributed by atoms with Gasteiger partial charge in [0.15, 0.2) is 0 Å². The summed E-state index contributed by atoms with van der Waals surface area (Å²) in [6.07, 6.45) is 6.13. The van der Waals surface area contributed by atoms with E-state index in [0.717, 1.165) is 24.2 Å². The van der Waals surface area contributed by atoms with Crippen LogP contribution in [0.5, 0.6) is 0 Å². The summed E-state index contributed by atoms with van der Waals surface area (Å²) in [5.41, 5.74) is 0. The minimum Gasteiger partial charge on any atom is -0.466 e. The minimum absolute atomic E-state index is 0.164. The number of ether oxygens (including phenoxy) is 1. The van der Waals surface area contributed by atoms with Crippen molar-refractivity contribution in [2.75, 3.05) is 6.61 Å². The molecule has 0 heterocycles. The fraction of sp³-hybridized carbons (Fsp3) is 0.933. The molecule has 2 nitrogen and oxygen atoms in total. The van der Waals surface area contributed by atoms with E-state index in [-0.39, 0.29) is 5.97 Å². The maximum atomic E-state index is 10.6. The summed E-state index contributed by atoms with van der Waals surface area (Å²) < 4.78 is 4.93. The van der Waals surface area contributed by atoms with Gasteiger partial charge in [-0.25, -0.2) is 0 Å². The second-order valence-electron chi connectivity index (χ2n) is 5.90. The Kier molecular flexibility index (Phi) is 9.20. The Morgan fingerprint density at radius 2 is 1.59 bits per heavy atom. The molecule has 2 heteroatoms. The molecule has 0 N–H and O–H groups in total. The van der Waals surface area contributed by atoms with E-state index in [9.17, 15) is 4.79 Å². The fourth-order valence-corrected chi connectivity index (χ4v) is 2.28. The van der Waals surface area contributed by atoms with Gasteiger partial charge in [-0.3, -0.25) is 4.79 Å². The topological polar surface area (TPSA) is 26.3 Å². The number of carbonyl (C=O) groups is 1. The van der Waals surface area contributed by atoms with Crippen LogP contribution in [0.3, 0.4) is 0 Å². The second-order valence-corrected chi connectivity index (χ2v) is 5.90. The molecule has 0 aliphatic rings. The zero-order chi connectivity index (χ0) is 13.3. The summed E-state index contributed by atoms with van der Waals surface area (Å²) in [6, 6.07) is 0. The van der Waals surface area contributed by atoms with Gasteiger partial charge in [0.1, 0.15) is 0 Å². The lowest BCUT2D eigenvalue weighted by Gasteiger charge is -2.17. The summed E-state index contributed by atoms with van der Waals surface area (Å²) in [5.74, 6) is 2.23. The van der Waals surface area contributed by atoms with Gasteiger partial charge in [0.05, 0.1) is 6.61 Å². The van der Waals surface area contributed by atoms with Crippen LogP contribution >= 0.6 is 0 Å². The van der Waals surface area contributed by atoms with Crippen molar-refractivity contribution < 1.29 is 9.53 Å². The van der Waals surface area contributed by atoms with Crippen LogP contribution in [-0.2, 0) is 9.53 Å². The molecule has 0 aromatic heterocycles. The zero-order valence-corrected chi connectivity index (χ0v) is 12.3. The van der Waals surface area contributed by atoms with E-state index in [1.54, 1.807) is 0 Å². The first-order chi connectivity index (χ1) is 7.91. The molecule has 0 aromatic rings. The maximum Gasteiger partial charge on any atom is 0.302 e. The highest BCUT2D eigenvalue weighted by molar-refractivity contribution is 5.65. The molecule has 0 aromatic carbocycles.